The first-order chi connectivity index (χ1) is 8.33. The molecule has 86 valence electrons. The molecule has 0 bridgehead atoms. The van der Waals surface area contributed by atoms with Crippen molar-refractivity contribution in [1.29, 1.82) is 0 Å². The van der Waals surface area contributed by atoms with E-state index in [1.54, 1.807) is 24.4 Å². The zero-order valence-corrected chi connectivity index (χ0v) is 8.96. The molecule has 1 aliphatic carbocycles. The van der Waals surface area contributed by atoms with E-state index in [4.69, 9.17) is 4.42 Å². The van der Waals surface area contributed by atoms with Crippen LogP contribution in [0, 0.1) is 0 Å². The second-order valence-electron chi connectivity index (χ2n) is 3.89. The van der Waals surface area contributed by atoms with Crippen molar-refractivity contribution < 1.29 is 9.21 Å². The average molecular weight is 230 g/mol. The number of hydrogen-bond donors (Lipinski definition) is 1. The van der Waals surface area contributed by atoms with Gasteiger partial charge >= 0.3 is 6.01 Å². The second-order valence-corrected chi connectivity index (χ2v) is 3.89. The maximum Gasteiger partial charge on any atom is 0.322 e. The number of amides is 1. The zero-order chi connectivity index (χ0) is 11.7. The fraction of sp³-hybridized carbons (Fsp3) is 0.273. The summed E-state index contributed by atoms with van der Waals surface area (Å²) in [6.07, 6.45) is 3.71. The highest BCUT2D eigenvalue weighted by molar-refractivity contribution is 6.01. The molecule has 6 heteroatoms. The van der Waals surface area contributed by atoms with Crippen LogP contribution in [-0.2, 0) is 0 Å². The second kappa shape index (κ2) is 3.97. The maximum atomic E-state index is 11.7. The van der Waals surface area contributed by atoms with Crippen LogP contribution in [0.2, 0.25) is 0 Å². The molecule has 0 radical (unpaired) electrons. The first kappa shape index (κ1) is 9.95. The summed E-state index contributed by atoms with van der Waals surface area (Å²) in [5.74, 6) is 0.626. The van der Waals surface area contributed by atoms with Crippen LogP contribution in [0.4, 0.5) is 6.01 Å². The Balaban J connectivity index is 1.71. The molecule has 6 nitrogen and oxygen atoms in total. The van der Waals surface area contributed by atoms with Crippen LogP contribution in [0.3, 0.4) is 0 Å². The van der Waals surface area contributed by atoms with Crippen LogP contribution in [0.25, 0.3) is 0 Å². The summed E-state index contributed by atoms with van der Waals surface area (Å²) in [6.45, 7) is 0. The number of nitrogens with one attached hydrogen (secondary N) is 1. The third-order valence-corrected chi connectivity index (χ3v) is 2.49. The quantitative estimate of drug-likeness (QED) is 0.865. The summed E-state index contributed by atoms with van der Waals surface area (Å²) in [4.78, 5) is 15.6. The lowest BCUT2D eigenvalue weighted by Crippen LogP contribution is -2.13. The minimum absolute atomic E-state index is 0.127. The fourth-order valence-corrected chi connectivity index (χ4v) is 1.44. The standard InChI is InChI=1S/C11H10N4O2/c16-9(8-3-1-2-6-12-8)13-11-15-14-10(17-11)7-4-5-7/h1-3,6-7H,4-5H2,(H,13,15,16). The summed E-state index contributed by atoms with van der Waals surface area (Å²) >= 11 is 0. The molecule has 0 spiro atoms. The van der Waals surface area contributed by atoms with Crippen molar-refractivity contribution in [2.24, 2.45) is 0 Å². The van der Waals surface area contributed by atoms with Crippen LogP contribution in [0.1, 0.15) is 35.1 Å². The highest BCUT2D eigenvalue weighted by Gasteiger charge is 2.29. The van der Waals surface area contributed by atoms with Crippen molar-refractivity contribution >= 4 is 11.9 Å². The third-order valence-electron chi connectivity index (χ3n) is 2.49. The van der Waals surface area contributed by atoms with E-state index in [-0.39, 0.29) is 11.9 Å². The lowest BCUT2D eigenvalue weighted by atomic mass is 10.3. The number of pyridine rings is 1. The van der Waals surface area contributed by atoms with Gasteiger partial charge in [0.2, 0.25) is 5.89 Å². The smallest absolute Gasteiger partial charge is 0.322 e. The van der Waals surface area contributed by atoms with Gasteiger partial charge in [-0.25, -0.2) is 0 Å². The molecule has 1 saturated carbocycles. The van der Waals surface area contributed by atoms with Gasteiger partial charge in [0.1, 0.15) is 5.69 Å². The molecule has 17 heavy (non-hydrogen) atoms. The first-order valence-corrected chi connectivity index (χ1v) is 5.39. The van der Waals surface area contributed by atoms with E-state index in [1.807, 2.05) is 0 Å². The van der Waals surface area contributed by atoms with Gasteiger partial charge in [-0.2, -0.15) is 0 Å². The van der Waals surface area contributed by atoms with Gasteiger partial charge in [0, 0.05) is 12.1 Å². The fourth-order valence-electron chi connectivity index (χ4n) is 1.44. The molecule has 1 fully saturated rings. The van der Waals surface area contributed by atoms with Gasteiger partial charge in [-0.3, -0.25) is 15.1 Å². The van der Waals surface area contributed by atoms with Crippen molar-refractivity contribution in [3.05, 3.63) is 36.0 Å². The van der Waals surface area contributed by atoms with Crippen molar-refractivity contribution in [1.82, 2.24) is 15.2 Å². The van der Waals surface area contributed by atoms with Gasteiger partial charge in [-0.1, -0.05) is 11.2 Å². The summed E-state index contributed by atoms with van der Waals surface area (Å²) in [5.41, 5.74) is 0.318. The summed E-state index contributed by atoms with van der Waals surface area (Å²) in [5, 5.41) is 10.2. The Hall–Kier alpha value is -2.24. The van der Waals surface area contributed by atoms with E-state index in [1.165, 1.54) is 0 Å². The molecule has 0 saturated heterocycles. The van der Waals surface area contributed by atoms with E-state index < -0.39 is 0 Å². The Morgan fingerprint density at radius 2 is 2.24 bits per heavy atom. The SMILES string of the molecule is O=C(Nc1nnc(C2CC2)o1)c1ccccn1. The van der Waals surface area contributed by atoms with Gasteiger partial charge in [-0.05, 0) is 25.0 Å². The van der Waals surface area contributed by atoms with Crippen LogP contribution in [0.5, 0.6) is 0 Å². The van der Waals surface area contributed by atoms with Crippen LogP contribution >= 0.6 is 0 Å². The van der Waals surface area contributed by atoms with Crippen molar-refractivity contribution in [3.8, 4) is 0 Å². The minimum atomic E-state index is -0.350. The Kier molecular flexibility index (Phi) is 2.32. The molecule has 2 aromatic rings. The zero-order valence-electron chi connectivity index (χ0n) is 8.96. The van der Waals surface area contributed by atoms with Crippen LogP contribution < -0.4 is 5.32 Å². The molecule has 2 heterocycles. The Bertz CT molecular complexity index is 533. The van der Waals surface area contributed by atoms with E-state index in [0.717, 1.165) is 12.8 Å². The molecule has 1 aliphatic rings. The van der Waals surface area contributed by atoms with E-state index in [9.17, 15) is 4.79 Å². The monoisotopic (exact) mass is 230 g/mol. The van der Waals surface area contributed by atoms with E-state index in [0.29, 0.717) is 17.5 Å². The van der Waals surface area contributed by atoms with E-state index in [2.05, 4.69) is 20.5 Å². The highest BCUT2D eigenvalue weighted by Crippen LogP contribution is 2.39. The number of carbonyl (C=O) groups is 1. The molecular formula is C11H10N4O2. The molecule has 1 N–H and O–H groups in total. The number of hydrogen-bond acceptors (Lipinski definition) is 5. The minimum Gasteiger partial charge on any atom is -0.408 e. The Morgan fingerprint density at radius 1 is 1.35 bits per heavy atom. The van der Waals surface area contributed by atoms with Crippen molar-refractivity contribution in [3.63, 3.8) is 0 Å². The predicted molar refractivity (Wildman–Crippen MR) is 58.5 cm³/mol. The summed E-state index contributed by atoms with van der Waals surface area (Å²) in [6, 6.07) is 5.23. The number of anilines is 1. The molecule has 0 aromatic carbocycles. The third kappa shape index (κ3) is 2.15. The largest absolute Gasteiger partial charge is 0.408 e. The molecular weight excluding hydrogens is 220 g/mol. The van der Waals surface area contributed by atoms with Crippen molar-refractivity contribution in [2.45, 2.75) is 18.8 Å². The number of aromatic nitrogens is 3. The lowest BCUT2D eigenvalue weighted by molar-refractivity contribution is 0.101. The van der Waals surface area contributed by atoms with Crippen LogP contribution in [0.15, 0.2) is 28.8 Å². The summed E-state index contributed by atoms with van der Waals surface area (Å²) < 4.78 is 5.32. The topological polar surface area (TPSA) is 80.9 Å². The van der Waals surface area contributed by atoms with Gasteiger partial charge in [-0.15, -0.1) is 5.10 Å². The maximum absolute atomic E-state index is 11.7. The number of nitrogens with zero attached hydrogens (tertiary/aromatic N) is 3. The van der Waals surface area contributed by atoms with Gasteiger partial charge in [0.15, 0.2) is 0 Å². The summed E-state index contributed by atoms with van der Waals surface area (Å²) in [7, 11) is 0. The van der Waals surface area contributed by atoms with Crippen LogP contribution in [-0.4, -0.2) is 21.1 Å². The molecule has 0 atom stereocenters. The number of rotatable bonds is 3. The molecule has 3 rings (SSSR count). The highest BCUT2D eigenvalue weighted by atomic mass is 16.4. The molecule has 0 unspecified atom stereocenters. The molecule has 0 aliphatic heterocycles. The van der Waals surface area contributed by atoms with Gasteiger partial charge in [0.05, 0.1) is 0 Å². The average Bonchev–Trinajstić information content (AvgIpc) is 3.12. The first-order valence-electron chi connectivity index (χ1n) is 5.39. The van der Waals surface area contributed by atoms with Crippen molar-refractivity contribution in [2.75, 3.05) is 5.32 Å². The Labute approximate surface area is 97.1 Å². The lowest BCUT2D eigenvalue weighted by Gasteiger charge is -1.98. The molecule has 1 amide bonds. The Morgan fingerprint density at radius 3 is 2.94 bits per heavy atom. The normalized spacial score (nSPS) is 14.6. The predicted octanol–water partition coefficient (Wildman–Crippen LogP) is 1.59. The van der Waals surface area contributed by atoms with Gasteiger partial charge in [0.25, 0.3) is 5.91 Å². The van der Waals surface area contributed by atoms with E-state index >= 15 is 0 Å². The molecule has 2 aromatic heterocycles. The number of carbonyl (C=O) groups excluding carboxylic acids is 1. The van der Waals surface area contributed by atoms with Gasteiger partial charge < -0.3 is 4.42 Å².